The number of nitrogens with one attached hydrogen (secondary N) is 1. The number of nitrogens with zero attached hydrogens (tertiary/aromatic N) is 1. The van der Waals surface area contributed by atoms with Crippen LogP contribution < -0.4 is 5.32 Å². The Labute approximate surface area is 128 Å². The second-order valence-corrected chi connectivity index (χ2v) is 7.36. The highest BCUT2D eigenvalue weighted by molar-refractivity contribution is 5.68. The zero-order valence-electron chi connectivity index (χ0n) is 13.9. The molecule has 2 rings (SSSR count). The Hall–Kier alpha value is -0.810. The maximum absolute atomic E-state index is 12.0. The molecule has 1 aliphatic carbocycles. The largest absolute Gasteiger partial charge is 0.444 e. The zero-order chi connectivity index (χ0) is 15.5. The number of hydrogen-bond acceptors (Lipinski definition) is 4. The smallest absolute Gasteiger partial charge is 0.410 e. The summed E-state index contributed by atoms with van der Waals surface area (Å²) >= 11 is 0. The summed E-state index contributed by atoms with van der Waals surface area (Å²) in [5, 5.41) is 3.62. The Morgan fingerprint density at radius 1 is 1.29 bits per heavy atom. The lowest BCUT2D eigenvalue weighted by atomic mass is 9.79. The summed E-state index contributed by atoms with van der Waals surface area (Å²) in [7, 11) is 1.81. The first kappa shape index (κ1) is 16.6. The van der Waals surface area contributed by atoms with Gasteiger partial charge in [-0.1, -0.05) is 0 Å². The number of hydrogen-bond donors (Lipinski definition) is 1. The topological polar surface area (TPSA) is 50.8 Å². The van der Waals surface area contributed by atoms with E-state index in [2.05, 4.69) is 5.32 Å². The van der Waals surface area contributed by atoms with Crippen LogP contribution in [0.2, 0.25) is 0 Å². The van der Waals surface area contributed by atoms with E-state index in [0.29, 0.717) is 6.04 Å². The molecule has 0 radical (unpaired) electrons. The molecule has 1 saturated carbocycles. The Morgan fingerprint density at radius 3 is 2.33 bits per heavy atom. The normalized spacial score (nSPS) is 22.8. The molecule has 5 heteroatoms. The molecule has 1 amide bonds. The van der Waals surface area contributed by atoms with Crippen LogP contribution in [0.3, 0.4) is 0 Å². The number of methoxy groups -OCH3 is 1. The van der Waals surface area contributed by atoms with E-state index in [0.717, 1.165) is 45.3 Å². The van der Waals surface area contributed by atoms with Gasteiger partial charge in [0.15, 0.2) is 0 Å². The second-order valence-electron chi connectivity index (χ2n) is 7.36. The quantitative estimate of drug-likeness (QED) is 0.866. The average molecular weight is 298 g/mol. The van der Waals surface area contributed by atoms with Crippen LogP contribution in [0.4, 0.5) is 4.79 Å². The van der Waals surface area contributed by atoms with Gasteiger partial charge in [-0.25, -0.2) is 4.79 Å². The minimum absolute atomic E-state index is 0.0717. The number of rotatable bonds is 4. The van der Waals surface area contributed by atoms with Gasteiger partial charge in [-0.15, -0.1) is 0 Å². The summed E-state index contributed by atoms with van der Waals surface area (Å²) in [5.41, 5.74) is -0.344. The Balaban J connectivity index is 1.69. The van der Waals surface area contributed by atoms with Crippen molar-refractivity contribution >= 4 is 6.09 Å². The number of carbonyl (C=O) groups is 1. The van der Waals surface area contributed by atoms with Crippen molar-refractivity contribution in [3.63, 3.8) is 0 Å². The first-order valence-electron chi connectivity index (χ1n) is 8.10. The molecule has 0 aromatic carbocycles. The molecule has 2 fully saturated rings. The summed E-state index contributed by atoms with van der Waals surface area (Å²) in [6.45, 7) is 8.19. The van der Waals surface area contributed by atoms with Crippen molar-refractivity contribution in [3.05, 3.63) is 0 Å². The van der Waals surface area contributed by atoms with Gasteiger partial charge in [0.2, 0.25) is 0 Å². The van der Waals surface area contributed by atoms with Gasteiger partial charge in [0.25, 0.3) is 0 Å². The maximum Gasteiger partial charge on any atom is 0.410 e. The molecule has 1 aliphatic heterocycles. The van der Waals surface area contributed by atoms with Gasteiger partial charge in [-0.05, 0) is 52.9 Å². The van der Waals surface area contributed by atoms with Gasteiger partial charge >= 0.3 is 6.09 Å². The van der Waals surface area contributed by atoms with Crippen LogP contribution in [0.15, 0.2) is 0 Å². The van der Waals surface area contributed by atoms with Crippen LogP contribution in [0, 0.1) is 0 Å². The van der Waals surface area contributed by atoms with Gasteiger partial charge < -0.3 is 19.7 Å². The fourth-order valence-corrected chi connectivity index (χ4v) is 2.95. The molecule has 2 aliphatic rings. The first-order valence-corrected chi connectivity index (χ1v) is 8.10. The van der Waals surface area contributed by atoms with Gasteiger partial charge in [-0.3, -0.25) is 0 Å². The van der Waals surface area contributed by atoms with E-state index in [-0.39, 0.29) is 11.7 Å². The van der Waals surface area contributed by atoms with E-state index in [4.69, 9.17) is 9.47 Å². The van der Waals surface area contributed by atoms with E-state index >= 15 is 0 Å². The lowest BCUT2D eigenvalue weighted by Gasteiger charge is -2.42. The SMILES string of the molecule is COC1(CNC2CCN(C(=O)OC(C)(C)C)CC2)CCC1. The third-order valence-corrected chi connectivity index (χ3v) is 4.56. The molecule has 1 heterocycles. The van der Waals surface area contributed by atoms with Crippen molar-refractivity contribution in [1.82, 2.24) is 10.2 Å². The average Bonchev–Trinajstić information content (AvgIpc) is 2.36. The second kappa shape index (κ2) is 6.53. The minimum Gasteiger partial charge on any atom is -0.444 e. The van der Waals surface area contributed by atoms with Gasteiger partial charge in [0.05, 0.1) is 5.60 Å². The predicted molar refractivity (Wildman–Crippen MR) is 82.4 cm³/mol. The number of likely N-dealkylation sites (tertiary alicyclic amines) is 1. The highest BCUT2D eigenvalue weighted by Crippen LogP contribution is 2.34. The third-order valence-electron chi connectivity index (χ3n) is 4.56. The van der Waals surface area contributed by atoms with Crippen molar-refractivity contribution in [3.8, 4) is 0 Å². The molecule has 1 saturated heterocycles. The molecule has 1 N–H and O–H groups in total. The Bertz CT molecular complexity index is 348. The van der Waals surface area contributed by atoms with Crippen molar-refractivity contribution in [2.24, 2.45) is 0 Å². The molecule has 0 unspecified atom stereocenters. The van der Waals surface area contributed by atoms with Crippen molar-refractivity contribution in [2.75, 3.05) is 26.7 Å². The highest BCUT2D eigenvalue weighted by atomic mass is 16.6. The molecular weight excluding hydrogens is 268 g/mol. The maximum atomic E-state index is 12.0. The lowest BCUT2D eigenvalue weighted by molar-refractivity contribution is -0.0718. The van der Waals surface area contributed by atoms with Crippen molar-refractivity contribution in [2.45, 2.75) is 70.1 Å². The Kier molecular flexibility index (Phi) is 5.15. The van der Waals surface area contributed by atoms with Crippen molar-refractivity contribution in [1.29, 1.82) is 0 Å². The molecule has 122 valence electrons. The molecule has 0 spiro atoms. The fourth-order valence-electron chi connectivity index (χ4n) is 2.95. The van der Waals surface area contributed by atoms with E-state index in [1.807, 2.05) is 32.8 Å². The molecule has 0 aromatic heterocycles. The lowest BCUT2D eigenvalue weighted by Crippen LogP contribution is -2.53. The summed E-state index contributed by atoms with van der Waals surface area (Å²) in [6.07, 6.45) is 5.37. The van der Waals surface area contributed by atoms with Crippen LogP contribution in [0.25, 0.3) is 0 Å². The van der Waals surface area contributed by atoms with Crippen LogP contribution in [0.5, 0.6) is 0 Å². The number of ether oxygens (including phenoxy) is 2. The van der Waals surface area contributed by atoms with Crippen LogP contribution in [-0.4, -0.2) is 55.0 Å². The first-order chi connectivity index (χ1) is 9.84. The molecule has 0 atom stereocenters. The number of carbonyl (C=O) groups excluding carboxylic acids is 1. The third kappa shape index (κ3) is 4.58. The van der Waals surface area contributed by atoms with Crippen LogP contribution >= 0.6 is 0 Å². The molecule has 0 aromatic rings. The monoisotopic (exact) mass is 298 g/mol. The standard InChI is InChI=1S/C16H30N2O3/c1-15(2,3)21-14(19)18-10-6-13(7-11-18)17-12-16(20-4)8-5-9-16/h13,17H,5-12H2,1-4H3. The molecular formula is C16H30N2O3. The van der Waals surface area contributed by atoms with E-state index in [1.165, 1.54) is 6.42 Å². The Morgan fingerprint density at radius 2 is 1.90 bits per heavy atom. The number of amides is 1. The summed E-state index contributed by atoms with van der Waals surface area (Å²) in [4.78, 5) is 13.8. The van der Waals surface area contributed by atoms with E-state index < -0.39 is 5.60 Å². The molecule has 0 bridgehead atoms. The van der Waals surface area contributed by atoms with Crippen LogP contribution in [-0.2, 0) is 9.47 Å². The predicted octanol–water partition coefficient (Wildman–Crippen LogP) is 2.54. The van der Waals surface area contributed by atoms with Gasteiger partial charge in [0.1, 0.15) is 5.60 Å². The van der Waals surface area contributed by atoms with Gasteiger partial charge in [0, 0.05) is 32.8 Å². The summed E-state index contributed by atoms with van der Waals surface area (Å²) in [6, 6.07) is 0.483. The van der Waals surface area contributed by atoms with Gasteiger partial charge in [-0.2, -0.15) is 0 Å². The van der Waals surface area contributed by atoms with E-state index in [9.17, 15) is 4.79 Å². The highest BCUT2D eigenvalue weighted by Gasteiger charge is 2.37. The minimum atomic E-state index is -0.415. The van der Waals surface area contributed by atoms with Crippen molar-refractivity contribution < 1.29 is 14.3 Å². The zero-order valence-corrected chi connectivity index (χ0v) is 13.9. The molecule has 5 nitrogen and oxygen atoms in total. The summed E-state index contributed by atoms with van der Waals surface area (Å²) in [5.74, 6) is 0. The number of piperidine rings is 1. The van der Waals surface area contributed by atoms with E-state index in [1.54, 1.807) is 0 Å². The van der Waals surface area contributed by atoms with Crippen LogP contribution in [0.1, 0.15) is 52.9 Å². The summed E-state index contributed by atoms with van der Waals surface area (Å²) < 4.78 is 11.0. The fraction of sp³-hybridized carbons (Fsp3) is 0.938. The molecule has 21 heavy (non-hydrogen) atoms.